The molecule has 20 heavy (non-hydrogen) atoms. The Kier molecular flexibility index (Phi) is 2.91. The van der Waals surface area contributed by atoms with Crippen molar-refractivity contribution < 1.29 is 5.11 Å². The predicted molar refractivity (Wildman–Crippen MR) is 82.3 cm³/mol. The Morgan fingerprint density at radius 1 is 0.950 bits per heavy atom. The molecule has 112 valence electrons. The van der Waals surface area contributed by atoms with Crippen LogP contribution in [0.1, 0.15) is 65.2 Å². The number of rotatable bonds is 0. The van der Waals surface area contributed by atoms with Crippen molar-refractivity contribution in [3.63, 3.8) is 0 Å². The van der Waals surface area contributed by atoms with E-state index in [9.17, 15) is 5.11 Å². The summed E-state index contributed by atoms with van der Waals surface area (Å²) in [4.78, 5) is 0. The molecule has 3 fully saturated rings. The second-order valence-electron chi connectivity index (χ2n) is 8.63. The van der Waals surface area contributed by atoms with Gasteiger partial charge in [-0.05, 0) is 85.9 Å². The lowest BCUT2D eigenvalue weighted by Crippen LogP contribution is -2.52. The maximum Gasteiger partial charge on any atom is 0.0596 e. The third-order valence-electron chi connectivity index (χ3n) is 8.07. The van der Waals surface area contributed by atoms with Gasteiger partial charge >= 0.3 is 0 Å². The van der Waals surface area contributed by atoms with Gasteiger partial charge in [0.2, 0.25) is 0 Å². The number of hydrogen-bond acceptors (Lipinski definition) is 1. The van der Waals surface area contributed by atoms with E-state index in [0.29, 0.717) is 5.41 Å². The molecule has 0 amide bonds. The normalized spacial score (nSPS) is 57.9. The fraction of sp³-hybridized carbons (Fsp3) is 0.895. The summed E-state index contributed by atoms with van der Waals surface area (Å²) >= 11 is 0. The molecule has 0 heterocycles. The zero-order valence-electron chi connectivity index (χ0n) is 13.1. The Morgan fingerprint density at radius 3 is 2.65 bits per heavy atom. The summed E-state index contributed by atoms with van der Waals surface area (Å²) in [6.07, 6.45) is 15.6. The van der Waals surface area contributed by atoms with Gasteiger partial charge in [-0.1, -0.05) is 26.0 Å². The van der Waals surface area contributed by atoms with E-state index in [-0.39, 0.29) is 11.5 Å². The Bertz CT molecular complexity index is 427. The van der Waals surface area contributed by atoms with Crippen LogP contribution < -0.4 is 0 Å². The first-order valence-corrected chi connectivity index (χ1v) is 8.91. The number of aliphatic hydroxyl groups excluding tert-OH is 1. The topological polar surface area (TPSA) is 20.2 Å². The number of hydrogen-bond donors (Lipinski definition) is 1. The van der Waals surface area contributed by atoms with Crippen LogP contribution in [0.2, 0.25) is 0 Å². The molecule has 0 saturated heterocycles. The summed E-state index contributed by atoms with van der Waals surface area (Å²) in [6, 6.07) is 0. The van der Waals surface area contributed by atoms with Crippen LogP contribution in [0.15, 0.2) is 12.2 Å². The average Bonchev–Trinajstić information content (AvgIpc) is 2.74. The maximum atomic E-state index is 10.5. The van der Waals surface area contributed by atoms with E-state index in [1.165, 1.54) is 44.9 Å². The third kappa shape index (κ3) is 1.59. The van der Waals surface area contributed by atoms with Crippen molar-refractivity contribution in [1.29, 1.82) is 0 Å². The van der Waals surface area contributed by atoms with Crippen LogP contribution in [0.3, 0.4) is 0 Å². The Labute approximate surface area is 123 Å². The lowest BCUT2D eigenvalue weighted by atomic mass is 9.46. The Hall–Kier alpha value is -0.300. The average molecular weight is 274 g/mol. The molecule has 0 spiro atoms. The Balaban J connectivity index is 1.68. The van der Waals surface area contributed by atoms with Gasteiger partial charge in [0.1, 0.15) is 0 Å². The van der Waals surface area contributed by atoms with Crippen LogP contribution >= 0.6 is 0 Å². The molecule has 4 aliphatic rings. The van der Waals surface area contributed by atoms with Crippen molar-refractivity contribution in [3.8, 4) is 0 Å². The van der Waals surface area contributed by atoms with Gasteiger partial charge in [-0.25, -0.2) is 0 Å². The van der Waals surface area contributed by atoms with Crippen LogP contribution in [-0.4, -0.2) is 11.2 Å². The molecule has 4 rings (SSSR count). The molecule has 3 saturated carbocycles. The predicted octanol–water partition coefficient (Wildman–Crippen LogP) is 4.56. The van der Waals surface area contributed by atoms with Gasteiger partial charge < -0.3 is 5.11 Å². The third-order valence-corrected chi connectivity index (χ3v) is 8.07. The van der Waals surface area contributed by atoms with E-state index in [2.05, 4.69) is 26.0 Å². The van der Waals surface area contributed by atoms with Crippen LogP contribution in [0.25, 0.3) is 0 Å². The molecule has 0 aromatic carbocycles. The summed E-state index contributed by atoms with van der Waals surface area (Å²) < 4.78 is 0. The molecule has 0 radical (unpaired) electrons. The molecule has 0 bridgehead atoms. The fourth-order valence-corrected chi connectivity index (χ4v) is 6.79. The number of aliphatic hydroxyl groups is 1. The first kappa shape index (κ1) is 13.4. The van der Waals surface area contributed by atoms with Crippen molar-refractivity contribution in [1.82, 2.24) is 0 Å². The minimum absolute atomic E-state index is 0.0270. The summed E-state index contributed by atoms with van der Waals surface area (Å²) in [5.74, 6) is 3.50. The quantitative estimate of drug-likeness (QED) is 0.642. The zero-order chi connectivity index (χ0) is 14.0. The van der Waals surface area contributed by atoms with Gasteiger partial charge in [-0.2, -0.15) is 0 Å². The van der Waals surface area contributed by atoms with Gasteiger partial charge in [0.15, 0.2) is 0 Å². The van der Waals surface area contributed by atoms with Crippen molar-refractivity contribution in [2.75, 3.05) is 0 Å². The molecule has 0 aromatic rings. The molecule has 1 N–H and O–H groups in total. The zero-order valence-corrected chi connectivity index (χ0v) is 13.1. The van der Waals surface area contributed by atoms with Crippen molar-refractivity contribution in [2.45, 2.75) is 71.3 Å². The van der Waals surface area contributed by atoms with Crippen molar-refractivity contribution >= 4 is 0 Å². The lowest BCUT2D eigenvalue weighted by molar-refractivity contribution is -0.0944. The molecular formula is C19H30O. The molecular weight excluding hydrogens is 244 g/mol. The van der Waals surface area contributed by atoms with Crippen molar-refractivity contribution in [3.05, 3.63) is 12.2 Å². The molecule has 1 nitrogen and oxygen atoms in total. The first-order chi connectivity index (χ1) is 9.56. The second-order valence-corrected chi connectivity index (χ2v) is 8.63. The van der Waals surface area contributed by atoms with E-state index in [4.69, 9.17) is 0 Å². The van der Waals surface area contributed by atoms with E-state index in [0.717, 1.165) is 30.1 Å². The molecule has 7 atom stereocenters. The van der Waals surface area contributed by atoms with Crippen LogP contribution in [-0.2, 0) is 0 Å². The van der Waals surface area contributed by atoms with E-state index in [1.54, 1.807) is 0 Å². The minimum Gasteiger partial charge on any atom is -0.393 e. The van der Waals surface area contributed by atoms with Crippen LogP contribution in [0, 0.1) is 34.5 Å². The van der Waals surface area contributed by atoms with Crippen molar-refractivity contribution in [2.24, 2.45) is 34.5 Å². The SMILES string of the molecule is C[C@]12CC[C@H]3[C@@H](CCC4CCC=C[C@@]43C)[C@@H]1CC[C@@H]2O. The van der Waals surface area contributed by atoms with Crippen LogP contribution in [0.4, 0.5) is 0 Å². The molecule has 4 aliphatic carbocycles. The lowest BCUT2D eigenvalue weighted by Gasteiger charge is -2.58. The smallest absolute Gasteiger partial charge is 0.0596 e. The number of fused-ring (bicyclic) bond motifs is 5. The van der Waals surface area contributed by atoms with Gasteiger partial charge in [-0.3, -0.25) is 0 Å². The van der Waals surface area contributed by atoms with Gasteiger partial charge in [0.25, 0.3) is 0 Å². The Morgan fingerprint density at radius 2 is 1.80 bits per heavy atom. The van der Waals surface area contributed by atoms with E-state index in [1.807, 2.05) is 0 Å². The summed E-state index contributed by atoms with van der Waals surface area (Å²) in [5.41, 5.74) is 0.707. The highest BCUT2D eigenvalue weighted by atomic mass is 16.3. The highest BCUT2D eigenvalue weighted by Gasteiger charge is 2.58. The largest absolute Gasteiger partial charge is 0.393 e. The van der Waals surface area contributed by atoms with Crippen LogP contribution in [0.5, 0.6) is 0 Å². The van der Waals surface area contributed by atoms with E-state index < -0.39 is 0 Å². The molecule has 0 aliphatic heterocycles. The van der Waals surface area contributed by atoms with Gasteiger partial charge in [0, 0.05) is 0 Å². The summed E-state index contributed by atoms with van der Waals surface area (Å²) in [7, 11) is 0. The fourth-order valence-electron chi connectivity index (χ4n) is 6.79. The highest BCUT2D eigenvalue weighted by molar-refractivity contribution is 5.15. The van der Waals surface area contributed by atoms with E-state index >= 15 is 0 Å². The second kappa shape index (κ2) is 4.35. The molecule has 1 heteroatoms. The standard InChI is InChI=1S/C19H30O/c1-18-11-4-3-5-13(18)6-7-14-15-8-9-17(20)19(15,2)12-10-16(14)18/h4,11,13-17,20H,3,5-10,12H2,1-2H3/t13?,14-,15-,16-,17-,18-,19-/m0/s1. The molecule has 0 aromatic heterocycles. The summed E-state index contributed by atoms with van der Waals surface area (Å²) in [5, 5.41) is 10.5. The monoisotopic (exact) mass is 274 g/mol. The number of allylic oxidation sites excluding steroid dienone is 2. The van der Waals surface area contributed by atoms with Gasteiger partial charge in [-0.15, -0.1) is 0 Å². The highest BCUT2D eigenvalue weighted by Crippen LogP contribution is 2.65. The minimum atomic E-state index is -0.0270. The first-order valence-electron chi connectivity index (χ1n) is 8.91. The maximum absolute atomic E-state index is 10.5. The van der Waals surface area contributed by atoms with Gasteiger partial charge in [0.05, 0.1) is 6.10 Å². The summed E-state index contributed by atoms with van der Waals surface area (Å²) in [6.45, 7) is 4.94. The molecule has 1 unspecified atom stereocenters.